The number of rotatable bonds is 8. The number of aryl methyl sites for hydroxylation is 1. The van der Waals surface area contributed by atoms with Crippen LogP contribution >= 0.6 is 0 Å². The molecule has 1 fully saturated rings. The van der Waals surface area contributed by atoms with E-state index < -0.39 is 10.0 Å². The summed E-state index contributed by atoms with van der Waals surface area (Å²) in [6.45, 7) is 2.88. The van der Waals surface area contributed by atoms with E-state index in [9.17, 15) is 13.2 Å². The van der Waals surface area contributed by atoms with E-state index in [1.807, 2.05) is 6.92 Å². The van der Waals surface area contributed by atoms with Gasteiger partial charge in [-0.05, 0) is 55.2 Å². The average Bonchev–Trinajstić information content (AvgIpc) is 2.80. The molecular weight excluding hydrogens is 432 g/mol. The van der Waals surface area contributed by atoms with Crippen LogP contribution in [0, 0.1) is 6.92 Å². The Bertz CT molecular complexity index is 1050. The molecule has 0 radical (unpaired) electrons. The molecule has 9 heteroatoms. The molecular formula is C23H30N2O6S. The number of carbonyl (C=O) groups excluding carboxylic acids is 1. The van der Waals surface area contributed by atoms with Gasteiger partial charge in [-0.25, -0.2) is 8.42 Å². The Morgan fingerprint density at radius 2 is 1.59 bits per heavy atom. The van der Waals surface area contributed by atoms with Crippen molar-refractivity contribution in [1.82, 2.24) is 4.31 Å². The molecule has 0 spiro atoms. The fourth-order valence-electron chi connectivity index (χ4n) is 3.77. The van der Waals surface area contributed by atoms with Gasteiger partial charge in [0.05, 0.1) is 32.6 Å². The second-order valence-electron chi connectivity index (χ2n) is 7.70. The summed E-state index contributed by atoms with van der Waals surface area (Å²) in [5.41, 5.74) is 1.92. The van der Waals surface area contributed by atoms with Crippen LogP contribution in [0.1, 0.15) is 30.4 Å². The number of ether oxygens (including phenoxy) is 3. The van der Waals surface area contributed by atoms with Crippen LogP contribution in [0.4, 0.5) is 5.69 Å². The van der Waals surface area contributed by atoms with Crippen molar-refractivity contribution in [1.29, 1.82) is 0 Å². The lowest BCUT2D eigenvalue weighted by Crippen LogP contribution is -2.35. The predicted molar refractivity (Wildman–Crippen MR) is 122 cm³/mol. The zero-order valence-corrected chi connectivity index (χ0v) is 19.8. The summed E-state index contributed by atoms with van der Waals surface area (Å²) in [7, 11) is 0.953. The van der Waals surface area contributed by atoms with E-state index >= 15 is 0 Å². The molecule has 2 aromatic rings. The molecule has 0 unspecified atom stereocenters. The molecule has 0 atom stereocenters. The second kappa shape index (κ2) is 10.2. The molecule has 1 aliphatic heterocycles. The SMILES string of the molecule is COc1cc(CC(=O)Nc2cc(S(=O)(=O)N3CCCCC3)ccc2C)cc(OC)c1OC. The number of hydrogen-bond acceptors (Lipinski definition) is 6. The predicted octanol–water partition coefficient (Wildman–Crippen LogP) is 3.38. The molecule has 1 N–H and O–H groups in total. The Hall–Kier alpha value is -2.78. The molecule has 32 heavy (non-hydrogen) atoms. The summed E-state index contributed by atoms with van der Waals surface area (Å²) < 4.78 is 43.5. The van der Waals surface area contributed by atoms with Gasteiger partial charge in [0.2, 0.25) is 21.7 Å². The minimum Gasteiger partial charge on any atom is -0.493 e. The van der Waals surface area contributed by atoms with Gasteiger partial charge in [-0.2, -0.15) is 4.31 Å². The number of sulfonamides is 1. The lowest BCUT2D eigenvalue weighted by Gasteiger charge is -2.26. The lowest BCUT2D eigenvalue weighted by atomic mass is 10.1. The monoisotopic (exact) mass is 462 g/mol. The highest BCUT2D eigenvalue weighted by molar-refractivity contribution is 7.89. The van der Waals surface area contributed by atoms with Crippen molar-refractivity contribution in [3.8, 4) is 17.2 Å². The van der Waals surface area contributed by atoms with E-state index in [1.165, 1.54) is 31.7 Å². The van der Waals surface area contributed by atoms with Gasteiger partial charge < -0.3 is 19.5 Å². The zero-order chi connectivity index (χ0) is 23.3. The van der Waals surface area contributed by atoms with Crippen molar-refractivity contribution in [3.05, 3.63) is 41.5 Å². The molecule has 1 aliphatic rings. The van der Waals surface area contributed by atoms with Crippen molar-refractivity contribution in [2.75, 3.05) is 39.7 Å². The van der Waals surface area contributed by atoms with Crippen LogP contribution in [-0.2, 0) is 21.2 Å². The summed E-state index contributed by atoms with van der Waals surface area (Å²) in [5, 5.41) is 2.84. The number of anilines is 1. The molecule has 0 bridgehead atoms. The van der Waals surface area contributed by atoms with E-state index in [0.717, 1.165) is 24.8 Å². The maximum absolute atomic E-state index is 13.0. The first-order chi connectivity index (χ1) is 15.3. The largest absolute Gasteiger partial charge is 0.493 e. The number of nitrogens with zero attached hydrogens (tertiary/aromatic N) is 1. The number of methoxy groups -OCH3 is 3. The van der Waals surface area contributed by atoms with Gasteiger partial charge in [-0.1, -0.05) is 12.5 Å². The van der Waals surface area contributed by atoms with Crippen LogP contribution in [0.5, 0.6) is 17.2 Å². The smallest absolute Gasteiger partial charge is 0.243 e. The molecule has 1 heterocycles. The molecule has 1 amide bonds. The molecule has 8 nitrogen and oxygen atoms in total. The van der Waals surface area contributed by atoms with Crippen molar-refractivity contribution in [2.24, 2.45) is 0 Å². The molecule has 2 aromatic carbocycles. The fourth-order valence-corrected chi connectivity index (χ4v) is 5.31. The highest BCUT2D eigenvalue weighted by atomic mass is 32.2. The number of benzene rings is 2. The summed E-state index contributed by atoms with van der Waals surface area (Å²) in [4.78, 5) is 13.0. The summed E-state index contributed by atoms with van der Waals surface area (Å²) in [6.07, 6.45) is 2.83. The maximum Gasteiger partial charge on any atom is 0.243 e. The minimum atomic E-state index is -3.59. The van der Waals surface area contributed by atoms with Crippen LogP contribution in [0.3, 0.4) is 0 Å². The molecule has 0 aromatic heterocycles. The summed E-state index contributed by atoms with van der Waals surface area (Å²) in [5.74, 6) is 1.08. The van der Waals surface area contributed by atoms with E-state index in [0.29, 0.717) is 41.6 Å². The highest BCUT2D eigenvalue weighted by Crippen LogP contribution is 2.38. The van der Waals surface area contributed by atoms with E-state index in [1.54, 1.807) is 24.3 Å². The molecule has 1 saturated heterocycles. The number of amides is 1. The van der Waals surface area contributed by atoms with Crippen LogP contribution < -0.4 is 19.5 Å². The topological polar surface area (TPSA) is 94.2 Å². The number of nitrogens with one attached hydrogen (secondary N) is 1. The third kappa shape index (κ3) is 5.16. The van der Waals surface area contributed by atoms with E-state index in [4.69, 9.17) is 14.2 Å². The van der Waals surface area contributed by atoms with Crippen LogP contribution in [0.2, 0.25) is 0 Å². The molecule has 3 rings (SSSR count). The number of piperidine rings is 1. The average molecular weight is 463 g/mol. The molecule has 174 valence electrons. The number of carbonyl (C=O) groups is 1. The van der Waals surface area contributed by atoms with Gasteiger partial charge in [0.1, 0.15) is 0 Å². The van der Waals surface area contributed by atoms with Crippen LogP contribution in [-0.4, -0.2) is 53.0 Å². The van der Waals surface area contributed by atoms with Gasteiger partial charge in [0.15, 0.2) is 11.5 Å². The van der Waals surface area contributed by atoms with Crippen molar-refractivity contribution in [3.63, 3.8) is 0 Å². The Labute approximate surface area is 189 Å². The Kier molecular flexibility index (Phi) is 7.63. The Balaban J connectivity index is 1.80. The standard InChI is InChI=1S/C23H30N2O6S/c1-16-8-9-18(32(27,28)25-10-6-5-7-11-25)15-19(16)24-22(26)14-17-12-20(29-2)23(31-4)21(13-17)30-3/h8-9,12-13,15H,5-7,10-11,14H2,1-4H3,(H,24,26). The Morgan fingerprint density at radius 3 is 2.16 bits per heavy atom. The summed E-state index contributed by atoms with van der Waals surface area (Å²) >= 11 is 0. The third-order valence-corrected chi connectivity index (χ3v) is 7.42. The van der Waals surface area contributed by atoms with Gasteiger partial charge in [-0.3, -0.25) is 4.79 Å². The summed E-state index contributed by atoms with van der Waals surface area (Å²) in [6, 6.07) is 8.27. The van der Waals surface area contributed by atoms with Gasteiger partial charge >= 0.3 is 0 Å². The lowest BCUT2D eigenvalue weighted by molar-refractivity contribution is -0.115. The van der Waals surface area contributed by atoms with E-state index in [-0.39, 0.29) is 17.2 Å². The van der Waals surface area contributed by atoms with Gasteiger partial charge in [0.25, 0.3) is 0 Å². The second-order valence-corrected chi connectivity index (χ2v) is 9.64. The fraction of sp³-hybridized carbons (Fsp3) is 0.435. The van der Waals surface area contributed by atoms with E-state index in [2.05, 4.69) is 5.32 Å². The number of hydrogen-bond donors (Lipinski definition) is 1. The first-order valence-corrected chi connectivity index (χ1v) is 11.9. The Morgan fingerprint density at radius 1 is 0.969 bits per heavy atom. The van der Waals surface area contributed by atoms with Gasteiger partial charge in [-0.15, -0.1) is 0 Å². The normalized spacial score (nSPS) is 14.6. The van der Waals surface area contributed by atoms with Crippen molar-refractivity contribution in [2.45, 2.75) is 37.5 Å². The van der Waals surface area contributed by atoms with Crippen molar-refractivity contribution < 1.29 is 27.4 Å². The first kappa shape index (κ1) is 23.9. The quantitative estimate of drug-likeness (QED) is 0.646. The maximum atomic E-state index is 13.0. The minimum absolute atomic E-state index is 0.0548. The third-order valence-electron chi connectivity index (χ3n) is 5.53. The van der Waals surface area contributed by atoms with Gasteiger partial charge in [0, 0.05) is 18.8 Å². The van der Waals surface area contributed by atoms with Crippen molar-refractivity contribution >= 4 is 21.6 Å². The highest BCUT2D eigenvalue weighted by Gasteiger charge is 2.26. The van der Waals surface area contributed by atoms with Crippen LogP contribution in [0.15, 0.2) is 35.2 Å². The molecule has 0 aliphatic carbocycles. The van der Waals surface area contributed by atoms with Crippen LogP contribution in [0.25, 0.3) is 0 Å². The first-order valence-electron chi connectivity index (χ1n) is 10.5. The zero-order valence-electron chi connectivity index (χ0n) is 18.9. The molecule has 0 saturated carbocycles.